The molecule has 2 heterocycles. The first-order valence-corrected chi connectivity index (χ1v) is 12.1. The molecule has 0 unspecified atom stereocenters. The Bertz CT molecular complexity index is 1100. The normalized spacial score (nSPS) is 14.3. The largest absolute Gasteiger partial charge is 0.494 e. The third-order valence-corrected chi connectivity index (χ3v) is 6.33. The Hall–Kier alpha value is -3.32. The Kier molecular flexibility index (Phi) is 7.85. The van der Waals surface area contributed by atoms with Crippen LogP contribution >= 0.6 is 0 Å². The molecule has 180 valence electrons. The Balaban J connectivity index is 1.17. The van der Waals surface area contributed by atoms with Crippen LogP contribution in [0.25, 0.3) is 5.69 Å². The van der Waals surface area contributed by atoms with Crippen molar-refractivity contribution in [3.63, 3.8) is 0 Å². The summed E-state index contributed by atoms with van der Waals surface area (Å²) in [6, 6.07) is 16.4. The van der Waals surface area contributed by atoms with E-state index in [-0.39, 0.29) is 5.91 Å². The van der Waals surface area contributed by atoms with Gasteiger partial charge in [0.1, 0.15) is 11.4 Å². The molecule has 1 aliphatic heterocycles. The molecular weight excluding hydrogens is 426 g/mol. The number of carbonyl (C=O) groups excluding carboxylic acids is 1. The maximum absolute atomic E-state index is 12.5. The van der Waals surface area contributed by atoms with Crippen molar-refractivity contribution in [2.75, 3.05) is 51.3 Å². The topological polar surface area (TPSA) is 62.6 Å². The van der Waals surface area contributed by atoms with Crippen molar-refractivity contribution in [3.05, 3.63) is 71.5 Å². The molecule has 7 heteroatoms. The van der Waals surface area contributed by atoms with Crippen molar-refractivity contribution in [3.8, 4) is 11.4 Å². The Morgan fingerprint density at radius 3 is 2.56 bits per heavy atom. The molecule has 1 N–H and O–H groups in total. The van der Waals surface area contributed by atoms with Crippen LogP contribution in [0.1, 0.15) is 34.5 Å². The minimum Gasteiger partial charge on any atom is -0.494 e. The third kappa shape index (κ3) is 5.97. The first-order valence-electron chi connectivity index (χ1n) is 12.1. The van der Waals surface area contributed by atoms with E-state index >= 15 is 0 Å². The van der Waals surface area contributed by atoms with Crippen LogP contribution in [0.15, 0.2) is 54.7 Å². The predicted octanol–water partition coefficient (Wildman–Crippen LogP) is 3.83. The van der Waals surface area contributed by atoms with Crippen molar-refractivity contribution >= 4 is 11.6 Å². The highest BCUT2D eigenvalue weighted by atomic mass is 16.5. The number of anilines is 1. The van der Waals surface area contributed by atoms with Gasteiger partial charge in [-0.25, -0.2) is 4.68 Å². The van der Waals surface area contributed by atoms with Gasteiger partial charge in [0.05, 0.1) is 7.11 Å². The summed E-state index contributed by atoms with van der Waals surface area (Å²) < 4.78 is 7.12. The summed E-state index contributed by atoms with van der Waals surface area (Å²) in [5.41, 5.74) is 4.98. The second-order valence-corrected chi connectivity index (χ2v) is 8.95. The fraction of sp³-hybridized carbons (Fsp3) is 0.407. The smallest absolute Gasteiger partial charge is 0.271 e. The molecule has 0 atom stereocenters. The number of carbonyl (C=O) groups is 1. The van der Waals surface area contributed by atoms with Crippen molar-refractivity contribution in [1.82, 2.24) is 20.0 Å². The van der Waals surface area contributed by atoms with Crippen LogP contribution in [-0.4, -0.2) is 67.0 Å². The standard InChI is InChI=1S/C27H35N5O2/c1-21-7-6-8-23(19-21)31-17-15-30(16-18-31)13-5-4-12-28-27(33)24-11-14-32(29-24)25-20-22(2)9-10-26(25)34-3/h6-11,14,19-20H,4-5,12-13,15-18H2,1-3H3,(H,28,33). The van der Waals surface area contributed by atoms with Gasteiger partial charge in [-0.15, -0.1) is 0 Å². The van der Waals surface area contributed by atoms with E-state index in [0.29, 0.717) is 12.2 Å². The summed E-state index contributed by atoms with van der Waals surface area (Å²) in [5.74, 6) is 0.581. The molecule has 1 aromatic heterocycles. The molecule has 0 aliphatic carbocycles. The average molecular weight is 462 g/mol. The zero-order valence-electron chi connectivity index (χ0n) is 20.5. The van der Waals surface area contributed by atoms with E-state index in [0.717, 1.165) is 62.6 Å². The zero-order valence-corrected chi connectivity index (χ0v) is 20.5. The second kappa shape index (κ2) is 11.2. The summed E-state index contributed by atoms with van der Waals surface area (Å²) in [4.78, 5) is 17.5. The number of methoxy groups -OCH3 is 1. The van der Waals surface area contributed by atoms with E-state index in [1.807, 2.05) is 25.1 Å². The van der Waals surface area contributed by atoms with E-state index in [1.165, 1.54) is 11.3 Å². The minimum atomic E-state index is -0.142. The van der Waals surface area contributed by atoms with E-state index in [4.69, 9.17) is 4.74 Å². The van der Waals surface area contributed by atoms with Crippen LogP contribution in [0, 0.1) is 13.8 Å². The lowest BCUT2D eigenvalue weighted by molar-refractivity contribution is 0.0947. The molecule has 0 bridgehead atoms. The molecule has 1 amide bonds. The van der Waals surface area contributed by atoms with Gasteiger partial charge in [-0.3, -0.25) is 9.69 Å². The first-order chi connectivity index (χ1) is 16.5. The molecule has 34 heavy (non-hydrogen) atoms. The quantitative estimate of drug-likeness (QED) is 0.491. The SMILES string of the molecule is COc1ccc(C)cc1-n1ccc(C(=O)NCCCCN2CCN(c3cccc(C)c3)CC2)n1. The lowest BCUT2D eigenvalue weighted by Gasteiger charge is -2.36. The van der Waals surface area contributed by atoms with Gasteiger partial charge in [0.15, 0.2) is 5.69 Å². The van der Waals surface area contributed by atoms with Crippen LogP contribution in [0.5, 0.6) is 5.75 Å². The fourth-order valence-corrected chi connectivity index (χ4v) is 4.37. The van der Waals surface area contributed by atoms with Gasteiger partial charge in [0, 0.05) is 44.6 Å². The molecule has 1 saturated heterocycles. The molecule has 7 nitrogen and oxygen atoms in total. The first kappa shape index (κ1) is 23.8. The van der Waals surface area contributed by atoms with E-state index in [1.54, 1.807) is 24.1 Å². The Labute approximate surface area is 202 Å². The highest BCUT2D eigenvalue weighted by molar-refractivity contribution is 5.92. The number of piperazine rings is 1. The predicted molar refractivity (Wildman–Crippen MR) is 136 cm³/mol. The highest BCUT2D eigenvalue weighted by Gasteiger charge is 2.17. The van der Waals surface area contributed by atoms with Gasteiger partial charge in [-0.1, -0.05) is 18.2 Å². The van der Waals surface area contributed by atoms with E-state index in [2.05, 4.69) is 51.4 Å². The van der Waals surface area contributed by atoms with E-state index < -0.39 is 0 Å². The molecule has 2 aromatic carbocycles. The average Bonchev–Trinajstić information content (AvgIpc) is 3.34. The number of rotatable bonds is 9. The van der Waals surface area contributed by atoms with Gasteiger partial charge in [-0.05, 0) is 74.7 Å². The number of hydrogen-bond donors (Lipinski definition) is 1. The lowest BCUT2D eigenvalue weighted by Crippen LogP contribution is -2.46. The van der Waals surface area contributed by atoms with Crippen LogP contribution < -0.4 is 15.0 Å². The number of hydrogen-bond acceptors (Lipinski definition) is 5. The maximum atomic E-state index is 12.5. The van der Waals surface area contributed by atoms with Crippen LogP contribution in [0.3, 0.4) is 0 Å². The molecule has 1 fully saturated rings. The summed E-state index contributed by atoms with van der Waals surface area (Å²) in [7, 11) is 1.63. The number of nitrogens with one attached hydrogen (secondary N) is 1. The zero-order chi connectivity index (χ0) is 23.9. The number of amides is 1. The van der Waals surface area contributed by atoms with E-state index in [9.17, 15) is 4.79 Å². The number of benzene rings is 2. The Morgan fingerprint density at radius 1 is 1.00 bits per heavy atom. The molecule has 0 spiro atoms. The van der Waals surface area contributed by atoms with Crippen molar-refractivity contribution < 1.29 is 9.53 Å². The van der Waals surface area contributed by atoms with Crippen molar-refractivity contribution in [1.29, 1.82) is 0 Å². The number of nitrogens with zero attached hydrogens (tertiary/aromatic N) is 4. The number of aromatic nitrogens is 2. The minimum absolute atomic E-state index is 0.142. The third-order valence-electron chi connectivity index (χ3n) is 6.33. The molecule has 4 rings (SSSR count). The number of unbranched alkanes of at least 4 members (excludes halogenated alkanes) is 1. The monoisotopic (exact) mass is 461 g/mol. The van der Waals surface area contributed by atoms with Crippen LogP contribution in [0.4, 0.5) is 5.69 Å². The molecular formula is C27H35N5O2. The maximum Gasteiger partial charge on any atom is 0.271 e. The summed E-state index contributed by atoms with van der Waals surface area (Å²) in [5, 5.41) is 7.45. The van der Waals surface area contributed by atoms with Crippen LogP contribution in [0.2, 0.25) is 0 Å². The second-order valence-electron chi connectivity index (χ2n) is 8.95. The molecule has 0 radical (unpaired) electrons. The fourth-order valence-electron chi connectivity index (χ4n) is 4.37. The van der Waals surface area contributed by atoms with Gasteiger partial charge in [0.2, 0.25) is 0 Å². The van der Waals surface area contributed by atoms with Crippen LogP contribution in [-0.2, 0) is 0 Å². The van der Waals surface area contributed by atoms with Gasteiger partial charge in [-0.2, -0.15) is 5.10 Å². The number of ether oxygens (including phenoxy) is 1. The summed E-state index contributed by atoms with van der Waals surface area (Å²) in [6.07, 6.45) is 3.82. The van der Waals surface area contributed by atoms with Gasteiger partial charge < -0.3 is 15.0 Å². The van der Waals surface area contributed by atoms with Crippen molar-refractivity contribution in [2.45, 2.75) is 26.7 Å². The molecule has 0 saturated carbocycles. The summed E-state index contributed by atoms with van der Waals surface area (Å²) in [6.45, 7) is 10.2. The Morgan fingerprint density at radius 2 is 1.79 bits per heavy atom. The van der Waals surface area contributed by atoms with Gasteiger partial charge >= 0.3 is 0 Å². The van der Waals surface area contributed by atoms with Gasteiger partial charge in [0.25, 0.3) is 5.91 Å². The van der Waals surface area contributed by atoms with Crippen molar-refractivity contribution in [2.24, 2.45) is 0 Å². The lowest BCUT2D eigenvalue weighted by atomic mass is 10.2. The number of aryl methyl sites for hydroxylation is 2. The highest BCUT2D eigenvalue weighted by Crippen LogP contribution is 2.23. The molecule has 1 aliphatic rings. The molecule has 3 aromatic rings. The summed E-state index contributed by atoms with van der Waals surface area (Å²) >= 11 is 0.